The molecule has 1 saturated heterocycles. The number of carboxylic acid groups (broad SMARTS) is 1. The minimum Gasteiger partial charge on any atom is -0.481 e. The first kappa shape index (κ1) is 16.5. The van der Waals surface area contributed by atoms with Crippen LogP contribution in [0.1, 0.15) is 17.5 Å². The van der Waals surface area contributed by atoms with Crippen LogP contribution in [0, 0.1) is 12.3 Å². The molecular formula is C19H22N2O3. The van der Waals surface area contributed by atoms with Crippen LogP contribution in [0.25, 0.3) is 0 Å². The number of pyridine rings is 1. The number of aliphatic hydroxyl groups excluding tert-OH is 1. The highest BCUT2D eigenvalue weighted by Crippen LogP contribution is 2.36. The first-order valence-corrected chi connectivity index (χ1v) is 8.14. The number of aliphatic hydroxyl groups is 1. The Kier molecular flexibility index (Phi) is 4.53. The smallest absolute Gasteiger partial charge is 0.314 e. The van der Waals surface area contributed by atoms with Gasteiger partial charge in [-0.3, -0.25) is 4.79 Å². The first-order chi connectivity index (χ1) is 11.5. The van der Waals surface area contributed by atoms with Gasteiger partial charge in [0.15, 0.2) is 0 Å². The number of piperidine rings is 1. The van der Waals surface area contributed by atoms with Crippen molar-refractivity contribution in [3.05, 3.63) is 59.8 Å². The van der Waals surface area contributed by atoms with E-state index in [0.29, 0.717) is 19.4 Å². The van der Waals surface area contributed by atoms with Crippen LogP contribution in [-0.2, 0) is 11.2 Å². The summed E-state index contributed by atoms with van der Waals surface area (Å²) in [4.78, 5) is 18.5. The van der Waals surface area contributed by atoms with E-state index in [1.165, 1.54) is 0 Å². The van der Waals surface area contributed by atoms with Gasteiger partial charge in [-0.05, 0) is 43.0 Å². The summed E-state index contributed by atoms with van der Waals surface area (Å²) >= 11 is 0. The quantitative estimate of drug-likeness (QED) is 0.902. The van der Waals surface area contributed by atoms with Gasteiger partial charge in [-0.15, -0.1) is 0 Å². The van der Waals surface area contributed by atoms with Crippen molar-refractivity contribution in [2.75, 3.05) is 18.0 Å². The molecule has 0 aliphatic carbocycles. The number of rotatable bonds is 4. The number of nitrogens with zero attached hydrogens (tertiary/aromatic N) is 2. The Bertz CT molecular complexity index is 720. The molecule has 1 aliphatic rings. The third-order valence-corrected chi connectivity index (χ3v) is 4.80. The lowest BCUT2D eigenvalue weighted by Gasteiger charge is -2.44. The molecule has 0 spiro atoms. The molecule has 0 unspecified atom stereocenters. The lowest BCUT2D eigenvalue weighted by Crippen LogP contribution is -2.57. The van der Waals surface area contributed by atoms with Crippen molar-refractivity contribution in [2.45, 2.75) is 25.9 Å². The molecule has 2 N–H and O–H groups in total. The van der Waals surface area contributed by atoms with Gasteiger partial charge in [0.2, 0.25) is 0 Å². The monoisotopic (exact) mass is 326 g/mol. The predicted octanol–water partition coefficient (Wildman–Crippen LogP) is 2.27. The number of carboxylic acids is 1. The number of carbonyl (C=O) groups is 1. The number of benzene rings is 1. The van der Waals surface area contributed by atoms with Gasteiger partial charge in [-0.1, -0.05) is 30.3 Å². The molecule has 2 atom stereocenters. The lowest BCUT2D eigenvalue weighted by molar-refractivity contribution is -0.157. The molecule has 0 bridgehead atoms. The molecule has 3 rings (SSSR count). The fourth-order valence-corrected chi connectivity index (χ4v) is 3.39. The average molecular weight is 326 g/mol. The minimum atomic E-state index is -1.23. The van der Waals surface area contributed by atoms with E-state index in [2.05, 4.69) is 4.98 Å². The zero-order valence-corrected chi connectivity index (χ0v) is 13.7. The fourth-order valence-electron chi connectivity index (χ4n) is 3.39. The normalized spacial score (nSPS) is 23.9. The van der Waals surface area contributed by atoms with Crippen molar-refractivity contribution in [2.24, 2.45) is 5.41 Å². The molecular weight excluding hydrogens is 304 g/mol. The summed E-state index contributed by atoms with van der Waals surface area (Å²) in [5, 5.41) is 20.5. The summed E-state index contributed by atoms with van der Waals surface area (Å²) in [6, 6.07) is 13.4. The highest BCUT2D eigenvalue weighted by molar-refractivity contribution is 5.77. The standard InChI is InChI=1S/C19H22N2O3/c1-14-7-9-20-17(11-14)21-10-8-16(22)19(13-21,18(23)24)12-15-5-3-2-4-6-15/h2-7,9,11,16,22H,8,10,12-13H2,1H3,(H,23,24)/t16-,19-/m1/s1. The van der Waals surface area contributed by atoms with E-state index in [1.807, 2.05) is 54.3 Å². The number of hydrogen-bond acceptors (Lipinski definition) is 4. The van der Waals surface area contributed by atoms with Crippen LogP contribution in [0.15, 0.2) is 48.7 Å². The van der Waals surface area contributed by atoms with E-state index < -0.39 is 17.5 Å². The molecule has 0 radical (unpaired) electrons. The molecule has 1 aliphatic heterocycles. The Hall–Kier alpha value is -2.40. The highest BCUT2D eigenvalue weighted by atomic mass is 16.4. The number of aromatic nitrogens is 1. The van der Waals surface area contributed by atoms with Crippen molar-refractivity contribution in [1.82, 2.24) is 4.98 Å². The van der Waals surface area contributed by atoms with Crippen LogP contribution in [0.5, 0.6) is 0 Å². The Morgan fingerprint density at radius 3 is 2.75 bits per heavy atom. The molecule has 5 heteroatoms. The number of hydrogen-bond donors (Lipinski definition) is 2. The van der Waals surface area contributed by atoms with Crippen molar-refractivity contribution >= 4 is 11.8 Å². The Morgan fingerprint density at radius 1 is 1.33 bits per heavy atom. The second kappa shape index (κ2) is 6.61. The Morgan fingerprint density at radius 2 is 2.08 bits per heavy atom. The van der Waals surface area contributed by atoms with Gasteiger partial charge in [0.25, 0.3) is 0 Å². The Balaban J connectivity index is 1.93. The maximum Gasteiger partial charge on any atom is 0.314 e. The van der Waals surface area contributed by atoms with Crippen LogP contribution >= 0.6 is 0 Å². The van der Waals surface area contributed by atoms with Crippen molar-refractivity contribution in [3.63, 3.8) is 0 Å². The SMILES string of the molecule is Cc1ccnc(N2CC[C@@H](O)[C@](Cc3ccccc3)(C(=O)O)C2)c1. The van der Waals surface area contributed by atoms with Gasteiger partial charge in [-0.25, -0.2) is 4.98 Å². The molecule has 1 aromatic carbocycles. The summed E-state index contributed by atoms with van der Waals surface area (Å²) < 4.78 is 0. The van der Waals surface area contributed by atoms with E-state index in [0.717, 1.165) is 16.9 Å². The fraction of sp³-hybridized carbons (Fsp3) is 0.368. The molecule has 126 valence electrons. The second-order valence-corrected chi connectivity index (χ2v) is 6.54. The summed E-state index contributed by atoms with van der Waals surface area (Å²) in [6.45, 7) is 2.83. The minimum absolute atomic E-state index is 0.245. The van der Waals surface area contributed by atoms with Crippen molar-refractivity contribution in [1.29, 1.82) is 0 Å². The molecule has 2 aromatic rings. The van der Waals surface area contributed by atoms with E-state index >= 15 is 0 Å². The molecule has 1 aromatic heterocycles. The topological polar surface area (TPSA) is 73.7 Å². The van der Waals surface area contributed by atoms with Crippen LogP contribution < -0.4 is 4.90 Å². The summed E-state index contributed by atoms with van der Waals surface area (Å²) in [5.41, 5.74) is 0.762. The zero-order valence-electron chi connectivity index (χ0n) is 13.7. The van der Waals surface area contributed by atoms with Gasteiger partial charge < -0.3 is 15.1 Å². The highest BCUT2D eigenvalue weighted by Gasteiger charge is 2.49. The molecule has 5 nitrogen and oxygen atoms in total. The van der Waals surface area contributed by atoms with Crippen LogP contribution in [0.2, 0.25) is 0 Å². The van der Waals surface area contributed by atoms with Gasteiger partial charge in [0, 0.05) is 19.3 Å². The summed E-state index contributed by atoms with van der Waals surface area (Å²) in [6.07, 6.45) is 1.56. The van der Waals surface area contributed by atoms with E-state index in [4.69, 9.17) is 0 Å². The van der Waals surface area contributed by atoms with Crippen LogP contribution in [0.3, 0.4) is 0 Å². The van der Waals surface area contributed by atoms with Gasteiger partial charge in [0.1, 0.15) is 11.2 Å². The zero-order chi connectivity index (χ0) is 17.2. The molecule has 1 fully saturated rings. The number of aliphatic carboxylic acids is 1. The molecule has 0 saturated carbocycles. The van der Waals surface area contributed by atoms with Gasteiger partial charge >= 0.3 is 5.97 Å². The Labute approximate surface area is 141 Å². The summed E-state index contributed by atoms with van der Waals surface area (Å²) in [5.74, 6) is -0.197. The lowest BCUT2D eigenvalue weighted by atomic mass is 9.73. The predicted molar refractivity (Wildman–Crippen MR) is 92.0 cm³/mol. The van der Waals surface area contributed by atoms with Crippen LogP contribution in [0.4, 0.5) is 5.82 Å². The first-order valence-electron chi connectivity index (χ1n) is 8.14. The van der Waals surface area contributed by atoms with Gasteiger partial charge in [-0.2, -0.15) is 0 Å². The average Bonchev–Trinajstić information content (AvgIpc) is 2.57. The van der Waals surface area contributed by atoms with Gasteiger partial charge in [0.05, 0.1) is 6.10 Å². The molecule has 0 amide bonds. The maximum absolute atomic E-state index is 12.1. The number of aryl methyl sites for hydroxylation is 1. The number of anilines is 1. The third kappa shape index (κ3) is 3.12. The third-order valence-electron chi connectivity index (χ3n) is 4.80. The molecule has 2 heterocycles. The molecule has 24 heavy (non-hydrogen) atoms. The van der Waals surface area contributed by atoms with Crippen LogP contribution in [-0.4, -0.2) is 40.4 Å². The van der Waals surface area contributed by atoms with E-state index in [-0.39, 0.29) is 6.54 Å². The van der Waals surface area contributed by atoms with E-state index in [9.17, 15) is 15.0 Å². The van der Waals surface area contributed by atoms with E-state index in [1.54, 1.807) is 6.20 Å². The summed E-state index contributed by atoms with van der Waals surface area (Å²) in [7, 11) is 0. The largest absolute Gasteiger partial charge is 0.481 e. The maximum atomic E-state index is 12.1. The van der Waals surface area contributed by atoms with Crippen molar-refractivity contribution < 1.29 is 15.0 Å². The second-order valence-electron chi connectivity index (χ2n) is 6.54. The van der Waals surface area contributed by atoms with Crippen molar-refractivity contribution in [3.8, 4) is 0 Å².